The van der Waals surface area contributed by atoms with Gasteiger partial charge in [-0.1, -0.05) is 34.7 Å². The molecular weight excluding hydrogens is 409 g/mol. The summed E-state index contributed by atoms with van der Waals surface area (Å²) in [6.45, 7) is -2.74. The van der Waals surface area contributed by atoms with Gasteiger partial charge < -0.3 is 4.74 Å². The fourth-order valence-electron chi connectivity index (χ4n) is 4.40. The topological polar surface area (TPSA) is 9.23 Å². The zero-order chi connectivity index (χ0) is 16.2. The van der Waals surface area contributed by atoms with Crippen molar-refractivity contribution in [3.05, 3.63) is 29.8 Å². The lowest BCUT2D eigenvalue weighted by Crippen LogP contribution is -2.25. The monoisotopic (exact) mass is 434 g/mol. The molecule has 0 unspecified atom stereocenters. The number of benzene rings is 1. The third-order valence-corrected chi connectivity index (χ3v) is 6.96. The second-order valence-electron chi connectivity index (χ2n) is 7.07. The van der Waals surface area contributed by atoms with Crippen LogP contribution in [0.15, 0.2) is 24.3 Å². The van der Waals surface area contributed by atoms with Gasteiger partial charge >= 0.3 is 6.61 Å². The standard InChI is InChI=1S/C19H25F2IO/c20-19(21)23-18-11-7-16(8-12-18)14-3-1-13(2-4-14)15-5-9-17(22)10-6-15/h7-8,11-15,17,19H,1-6,9-10H2. The summed E-state index contributed by atoms with van der Waals surface area (Å²) in [4.78, 5) is 0. The van der Waals surface area contributed by atoms with E-state index in [1.54, 1.807) is 12.1 Å². The first-order valence-corrected chi connectivity index (χ1v) is 10.0. The summed E-state index contributed by atoms with van der Waals surface area (Å²) >= 11 is 2.60. The van der Waals surface area contributed by atoms with E-state index in [0.717, 1.165) is 15.8 Å². The lowest BCUT2D eigenvalue weighted by atomic mass is 9.70. The second-order valence-corrected chi connectivity index (χ2v) is 8.83. The van der Waals surface area contributed by atoms with E-state index in [0.29, 0.717) is 5.92 Å². The van der Waals surface area contributed by atoms with Crippen molar-refractivity contribution in [3.8, 4) is 5.75 Å². The van der Waals surface area contributed by atoms with Gasteiger partial charge in [-0.15, -0.1) is 0 Å². The highest BCUT2D eigenvalue weighted by atomic mass is 127. The Morgan fingerprint density at radius 2 is 1.35 bits per heavy atom. The van der Waals surface area contributed by atoms with Crippen LogP contribution in [0.25, 0.3) is 0 Å². The van der Waals surface area contributed by atoms with E-state index in [-0.39, 0.29) is 5.75 Å². The zero-order valence-corrected chi connectivity index (χ0v) is 15.6. The first-order valence-electron chi connectivity index (χ1n) is 8.80. The number of hydrogen-bond acceptors (Lipinski definition) is 1. The molecule has 2 fully saturated rings. The fourth-order valence-corrected chi connectivity index (χ4v) is 5.11. The number of halogens is 3. The lowest BCUT2D eigenvalue weighted by molar-refractivity contribution is -0.0498. The molecule has 3 rings (SSSR count). The molecule has 0 amide bonds. The molecule has 2 aliphatic rings. The van der Waals surface area contributed by atoms with Crippen LogP contribution in [-0.2, 0) is 0 Å². The number of ether oxygens (including phenoxy) is 1. The van der Waals surface area contributed by atoms with Gasteiger partial charge in [-0.05, 0) is 86.8 Å². The fraction of sp³-hybridized carbons (Fsp3) is 0.684. The molecule has 0 bridgehead atoms. The smallest absolute Gasteiger partial charge is 0.387 e. The minimum atomic E-state index is -2.74. The number of rotatable bonds is 4. The van der Waals surface area contributed by atoms with Gasteiger partial charge in [0.1, 0.15) is 5.75 Å². The molecule has 4 heteroatoms. The summed E-state index contributed by atoms with van der Waals surface area (Å²) in [7, 11) is 0. The third kappa shape index (κ3) is 4.80. The molecule has 0 saturated heterocycles. The van der Waals surface area contributed by atoms with E-state index in [4.69, 9.17) is 0 Å². The predicted octanol–water partition coefficient (Wildman–Crippen LogP) is 6.56. The maximum atomic E-state index is 12.2. The molecule has 0 spiro atoms. The summed E-state index contributed by atoms with van der Waals surface area (Å²) in [5.41, 5.74) is 1.28. The molecule has 1 nitrogen and oxygen atoms in total. The van der Waals surface area contributed by atoms with Crippen LogP contribution in [0.5, 0.6) is 5.75 Å². The van der Waals surface area contributed by atoms with Gasteiger partial charge in [-0.3, -0.25) is 0 Å². The van der Waals surface area contributed by atoms with E-state index >= 15 is 0 Å². The van der Waals surface area contributed by atoms with Gasteiger partial charge in [0.15, 0.2) is 0 Å². The SMILES string of the molecule is FC(F)Oc1ccc(C2CCC(C3CCC(I)CC3)CC2)cc1. The quantitative estimate of drug-likeness (QED) is 0.386. The van der Waals surface area contributed by atoms with Crippen molar-refractivity contribution in [2.45, 2.75) is 67.8 Å². The Hall–Kier alpha value is -0.390. The predicted molar refractivity (Wildman–Crippen MR) is 97.5 cm³/mol. The van der Waals surface area contributed by atoms with Gasteiger partial charge in [-0.25, -0.2) is 0 Å². The summed E-state index contributed by atoms with van der Waals surface area (Å²) in [5.74, 6) is 2.71. The molecule has 128 valence electrons. The van der Waals surface area contributed by atoms with Crippen molar-refractivity contribution >= 4 is 22.6 Å². The Morgan fingerprint density at radius 1 is 0.826 bits per heavy atom. The lowest BCUT2D eigenvalue weighted by Gasteiger charge is -2.37. The molecule has 0 aliphatic heterocycles. The van der Waals surface area contributed by atoms with Crippen molar-refractivity contribution in [1.82, 2.24) is 0 Å². The Labute approximate surface area is 151 Å². The van der Waals surface area contributed by atoms with Gasteiger partial charge in [0.25, 0.3) is 0 Å². The molecule has 2 aliphatic carbocycles. The summed E-state index contributed by atoms with van der Waals surface area (Å²) in [6, 6.07) is 7.28. The molecule has 0 radical (unpaired) electrons. The van der Waals surface area contributed by atoms with Crippen molar-refractivity contribution in [2.75, 3.05) is 0 Å². The highest BCUT2D eigenvalue weighted by molar-refractivity contribution is 14.1. The normalized spacial score (nSPS) is 32.0. The number of hydrogen-bond donors (Lipinski definition) is 0. The van der Waals surface area contributed by atoms with Crippen molar-refractivity contribution in [2.24, 2.45) is 11.8 Å². The molecule has 0 N–H and O–H groups in total. The highest BCUT2D eigenvalue weighted by Gasteiger charge is 2.30. The van der Waals surface area contributed by atoms with Crippen molar-refractivity contribution in [3.63, 3.8) is 0 Å². The zero-order valence-electron chi connectivity index (χ0n) is 13.4. The molecule has 1 aromatic carbocycles. The molecule has 2 saturated carbocycles. The summed E-state index contributed by atoms with van der Waals surface area (Å²) in [5, 5.41) is 0. The van der Waals surface area contributed by atoms with E-state index in [1.165, 1.54) is 56.9 Å². The Kier molecular flexibility index (Phi) is 6.16. The largest absolute Gasteiger partial charge is 0.435 e. The Bertz CT molecular complexity index is 475. The van der Waals surface area contributed by atoms with Gasteiger partial charge in [0, 0.05) is 3.92 Å². The minimum Gasteiger partial charge on any atom is -0.435 e. The van der Waals surface area contributed by atoms with Gasteiger partial charge in [-0.2, -0.15) is 8.78 Å². The maximum absolute atomic E-state index is 12.2. The van der Waals surface area contributed by atoms with Crippen LogP contribution in [0.3, 0.4) is 0 Å². The second kappa shape index (κ2) is 8.13. The average Bonchev–Trinajstić information content (AvgIpc) is 2.56. The molecule has 0 heterocycles. The van der Waals surface area contributed by atoms with E-state index in [1.807, 2.05) is 12.1 Å². The van der Waals surface area contributed by atoms with Crippen LogP contribution < -0.4 is 4.74 Å². The van der Waals surface area contributed by atoms with Crippen LogP contribution in [0.1, 0.15) is 62.8 Å². The van der Waals surface area contributed by atoms with E-state index < -0.39 is 6.61 Å². The Balaban J connectivity index is 1.50. The average molecular weight is 434 g/mol. The van der Waals surface area contributed by atoms with Gasteiger partial charge in [0.05, 0.1) is 0 Å². The van der Waals surface area contributed by atoms with Crippen molar-refractivity contribution in [1.29, 1.82) is 0 Å². The minimum absolute atomic E-state index is 0.257. The first kappa shape index (κ1) is 17.4. The molecule has 0 atom stereocenters. The summed E-state index contributed by atoms with van der Waals surface area (Å²) < 4.78 is 29.7. The van der Waals surface area contributed by atoms with Gasteiger partial charge in [0.2, 0.25) is 0 Å². The van der Waals surface area contributed by atoms with Crippen LogP contribution in [0.2, 0.25) is 0 Å². The molecule has 23 heavy (non-hydrogen) atoms. The van der Waals surface area contributed by atoms with Crippen LogP contribution >= 0.6 is 22.6 Å². The highest BCUT2D eigenvalue weighted by Crippen LogP contribution is 2.43. The number of alkyl halides is 3. The summed E-state index contributed by atoms with van der Waals surface area (Å²) in [6.07, 6.45) is 10.8. The van der Waals surface area contributed by atoms with Crippen LogP contribution in [-0.4, -0.2) is 10.5 Å². The maximum Gasteiger partial charge on any atom is 0.387 e. The third-order valence-electron chi connectivity index (χ3n) is 5.72. The van der Waals surface area contributed by atoms with Crippen LogP contribution in [0, 0.1) is 11.8 Å². The van der Waals surface area contributed by atoms with Crippen LogP contribution in [0.4, 0.5) is 8.78 Å². The first-order chi connectivity index (χ1) is 11.1. The molecule has 1 aromatic rings. The van der Waals surface area contributed by atoms with E-state index in [9.17, 15) is 8.78 Å². The Morgan fingerprint density at radius 3 is 1.87 bits per heavy atom. The van der Waals surface area contributed by atoms with E-state index in [2.05, 4.69) is 27.3 Å². The molecular formula is C19H25F2IO. The van der Waals surface area contributed by atoms with Crippen molar-refractivity contribution < 1.29 is 13.5 Å². The molecule has 0 aromatic heterocycles.